The Morgan fingerprint density at radius 1 is 1.03 bits per heavy atom. The van der Waals surface area contributed by atoms with Crippen LogP contribution in [0.2, 0.25) is 0 Å². The normalized spacial score (nSPS) is 22.2. The molecule has 2 aliphatic heterocycles. The second-order valence-corrected chi connectivity index (χ2v) is 12.0. The first-order chi connectivity index (χ1) is 13.5. The maximum atomic E-state index is 13.2. The molecule has 3 rings (SSSR count). The lowest BCUT2D eigenvalue weighted by Crippen LogP contribution is -2.46. The summed E-state index contributed by atoms with van der Waals surface area (Å²) in [6, 6.07) is 5.64. The molecule has 1 aromatic rings. The third kappa shape index (κ3) is 5.02. The minimum Gasteiger partial charge on any atom is -0.339 e. The van der Waals surface area contributed by atoms with Gasteiger partial charge in [0, 0.05) is 31.6 Å². The van der Waals surface area contributed by atoms with E-state index in [2.05, 4.69) is 25.7 Å². The Kier molecular flexibility index (Phi) is 6.44. The van der Waals surface area contributed by atoms with Gasteiger partial charge in [-0.3, -0.25) is 4.79 Å². The van der Waals surface area contributed by atoms with Gasteiger partial charge in [0.15, 0.2) is 0 Å². The summed E-state index contributed by atoms with van der Waals surface area (Å²) in [5.74, 6) is 0.182. The Labute approximate surface area is 176 Å². The fourth-order valence-electron chi connectivity index (χ4n) is 4.65. The van der Waals surface area contributed by atoms with Crippen LogP contribution in [0.15, 0.2) is 23.1 Å². The molecule has 2 fully saturated rings. The Hall–Kier alpha value is -1.40. The van der Waals surface area contributed by atoms with Crippen molar-refractivity contribution >= 4 is 15.9 Å². The SMILES string of the molecule is Cc1ccc(S(=O)(=O)N2CCC(C(=O)N3CCCC3CC(C)(C)C)CC2)cc1C. The lowest BCUT2D eigenvalue weighted by Gasteiger charge is -2.36. The van der Waals surface area contributed by atoms with E-state index in [4.69, 9.17) is 0 Å². The molecular weight excluding hydrogens is 384 g/mol. The highest BCUT2D eigenvalue weighted by Gasteiger charge is 2.38. The maximum Gasteiger partial charge on any atom is 0.243 e. The van der Waals surface area contributed by atoms with Crippen molar-refractivity contribution in [2.45, 2.75) is 77.7 Å². The highest BCUT2D eigenvalue weighted by molar-refractivity contribution is 7.89. The van der Waals surface area contributed by atoms with Crippen molar-refractivity contribution in [3.63, 3.8) is 0 Å². The van der Waals surface area contributed by atoms with Crippen molar-refractivity contribution in [1.29, 1.82) is 0 Å². The number of piperidine rings is 1. The predicted molar refractivity (Wildman–Crippen MR) is 116 cm³/mol. The number of aryl methyl sites for hydroxylation is 2. The van der Waals surface area contributed by atoms with Crippen LogP contribution in [0.3, 0.4) is 0 Å². The molecule has 0 radical (unpaired) electrons. The molecule has 162 valence electrons. The van der Waals surface area contributed by atoms with Crippen LogP contribution >= 0.6 is 0 Å². The first kappa shape index (κ1) is 22.3. The zero-order chi connectivity index (χ0) is 21.4. The van der Waals surface area contributed by atoms with Crippen LogP contribution in [0.25, 0.3) is 0 Å². The van der Waals surface area contributed by atoms with E-state index in [0.29, 0.717) is 36.9 Å². The molecule has 2 heterocycles. The second-order valence-electron chi connectivity index (χ2n) is 10.0. The van der Waals surface area contributed by atoms with Crippen molar-refractivity contribution < 1.29 is 13.2 Å². The van der Waals surface area contributed by atoms with Gasteiger partial charge in [0.2, 0.25) is 15.9 Å². The van der Waals surface area contributed by atoms with Crippen molar-refractivity contribution in [1.82, 2.24) is 9.21 Å². The van der Waals surface area contributed by atoms with E-state index in [0.717, 1.165) is 36.9 Å². The van der Waals surface area contributed by atoms with E-state index in [9.17, 15) is 13.2 Å². The largest absolute Gasteiger partial charge is 0.339 e. The molecule has 1 atom stereocenters. The third-order valence-corrected chi connectivity index (χ3v) is 8.32. The zero-order valence-electron chi connectivity index (χ0n) is 18.6. The number of sulfonamides is 1. The smallest absolute Gasteiger partial charge is 0.243 e. The number of carbonyl (C=O) groups is 1. The standard InChI is InChI=1S/C23H36N2O3S/c1-17-8-9-21(15-18(17)2)29(27,28)24-13-10-19(11-14-24)22(26)25-12-6-7-20(25)16-23(3,4)5/h8-9,15,19-20H,6-7,10-14,16H2,1-5H3. The van der Waals surface area contributed by atoms with Crippen molar-refractivity contribution in [2.24, 2.45) is 11.3 Å². The number of likely N-dealkylation sites (tertiary alicyclic amines) is 1. The van der Waals surface area contributed by atoms with Gasteiger partial charge < -0.3 is 4.90 Å². The molecule has 2 aliphatic rings. The lowest BCUT2D eigenvalue weighted by molar-refractivity contribution is -0.138. The van der Waals surface area contributed by atoms with E-state index in [1.54, 1.807) is 16.4 Å². The summed E-state index contributed by atoms with van der Waals surface area (Å²) in [5, 5.41) is 0. The molecule has 0 bridgehead atoms. The van der Waals surface area contributed by atoms with Gasteiger partial charge in [-0.1, -0.05) is 26.8 Å². The van der Waals surface area contributed by atoms with Crippen LogP contribution < -0.4 is 0 Å². The third-order valence-electron chi connectivity index (χ3n) is 6.43. The molecule has 6 heteroatoms. The average molecular weight is 421 g/mol. The van der Waals surface area contributed by atoms with Crippen LogP contribution in [0.1, 0.15) is 64.0 Å². The molecule has 0 aromatic heterocycles. The van der Waals surface area contributed by atoms with E-state index >= 15 is 0 Å². The van der Waals surface area contributed by atoms with E-state index in [-0.39, 0.29) is 17.2 Å². The summed E-state index contributed by atoms with van der Waals surface area (Å²) in [6.07, 6.45) is 4.41. The first-order valence-corrected chi connectivity index (χ1v) is 12.3. The van der Waals surface area contributed by atoms with Crippen molar-refractivity contribution in [2.75, 3.05) is 19.6 Å². The minimum atomic E-state index is -3.50. The fourth-order valence-corrected chi connectivity index (χ4v) is 6.20. The molecule has 5 nitrogen and oxygen atoms in total. The lowest BCUT2D eigenvalue weighted by atomic mass is 9.86. The van der Waals surface area contributed by atoms with Crippen LogP contribution in [-0.4, -0.2) is 49.2 Å². The van der Waals surface area contributed by atoms with Crippen LogP contribution in [-0.2, 0) is 14.8 Å². The quantitative estimate of drug-likeness (QED) is 0.736. The van der Waals surface area contributed by atoms with Gasteiger partial charge in [-0.25, -0.2) is 8.42 Å². The number of hydrogen-bond acceptors (Lipinski definition) is 3. The summed E-state index contributed by atoms with van der Waals surface area (Å²) >= 11 is 0. The molecular formula is C23H36N2O3S. The van der Waals surface area contributed by atoms with Crippen LogP contribution in [0.5, 0.6) is 0 Å². The summed E-state index contributed by atoms with van der Waals surface area (Å²) < 4.78 is 27.6. The Morgan fingerprint density at radius 2 is 1.69 bits per heavy atom. The van der Waals surface area contributed by atoms with Gasteiger partial charge >= 0.3 is 0 Å². The number of rotatable bonds is 4. The van der Waals surface area contributed by atoms with Gasteiger partial charge in [-0.05, 0) is 74.6 Å². The van der Waals surface area contributed by atoms with Crippen molar-refractivity contribution in [3.05, 3.63) is 29.3 Å². The highest BCUT2D eigenvalue weighted by Crippen LogP contribution is 2.33. The molecule has 2 saturated heterocycles. The van der Waals surface area contributed by atoms with Crippen LogP contribution in [0, 0.1) is 25.2 Å². The monoisotopic (exact) mass is 420 g/mol. The summed E-state index contributed by atoms with van der Waals surface area (Å²) in [4.78, 5) is 15.6. The van der Waals surface area contributed by atoms with Gasteiger partial charge in [0.25, 0.3) is 0 Å². The molecule has 0 saturated carbocycles. The predicted octanol–water partition coefficient (Wildman–Crippen LogP) is 4.13. The summed E-state index contributed by atoms with van der Waals surface area (Å²) in [6.45, 7) is 12.3. The van der Waals surface area contributed by atoms with Gasteiger partial charge in [-0.15, -0.1) is 0 Å². The number of carbonyl (C=O) groups excluding carboxylic acids is 1. The molecule has 1 amide bonds. The molecule has 1 aromatic carbocycles. The Bertz CT molecular complexity index is 849. The number of hydrogen-bond donors (Lipinski definition) is 0. The Balaban J connectivity index is 1.64. The maximum absolute atomic E-state index is 13.2. The zero-order valence-corrected chi connectivity index (χ0v) is 19.4. The van der Waals surface area contributed by atoms with E-state index in [1.165, 1.54) is 0 Å². The van der Waals surface area contributed by atoms with Crippen molar-refractivity contribution in [3.8, 4) is 0 Å². The van der Waals surface area contributed by atoms with Gasteiger partial charge in [0.05, 0.1) is 4.90 Å². The van der Waals surface area contributed by atoms with Gasteiger partial charge in [0.1, 0.15) is 0 Å². The highest BCUT2D eigenvalue weighted by atomic mass is 32.2. The van der Waals surface area contributed by atoms with E-state index in [1.807, 2.05) is 19.9 Å². The molecule has 1 unspecified atom stereocenters. The van der Waals surface area contributed by atoms with E-state index < -0.39 is 10.0 Å². The molecule has 0 N–H and O–H groups in total. The summed E-state index contributed by atoms with van der Waals surface area (Å²) in [7, 11) is -3.50. The van der Waals surface area contributed by atoms with Crippen LogP contribution in [0.4, 0.5) is 0 Å². The number of benzene rings is 1. The van der Waals surface area contributed by atoms with Gasteiger partial charge in [-0.2, -0.15) is 4.31 Å². The Morgan fingerprint density at radius 3 is 2.28 bits per heavy atom. The first-order valence-electron chi connectivity index (χ1n) is 10.9. The molecule has 0 aliphatic carbocycles. The second kappa shape index (κ2) is 8.38. The topological polar surface area (TPSA) is 57.7 Å². The number of nitrogens with zero attached hydrogens (tertiary/aromatic N) is 2. The molecule has 0 spiro atoms. The summed E-state index contributed by atoms with van der Waals surface area (Å²) in [5.41, 5.74) is 2.27. The fraction of sp³-hybridized carbons (Fsp3) is 0.696. The number of amides is 1. The molecule has 29 heavy (non-hydrogen) atoms. The average Bonchev–Trinajstić information content (AvgIpc) is 3.09. The minimum absolute atomic E-state index is 0.0539.